The predicted octanol–water partition coefficient (Wildman–Crippen LogP) is 3.26. The van der Waals surface area contributed by atoms with Crippen LogP contribution in [-0.4, -0.2) is 15.7 Å². The van der Waals surface area contributed by atoms with Crippen LogP contribution >= 0.6 is 11.6 Å². The average molecular weight is 315 g/mol. The van der Waals surface area contributed by atoms with Crippen molar-refractivity contribution < 1.29 is 9.53 Å². The zero-order valence-corrected chi connectivity index (χ0v) is 12.4. The van der Waals surface area contributed by atoms with Crippen LogP contribution in [0.3, 0.4) is 0 Å². The van der Waals surface area contributed by atoms with Gasteiger partial charge in [-0.3, -0.25) is 14.0 Å². The third-order valence-electron chi connectivity index (χ3n) is 3.20. The highest BCUT2D eigenvalue weighted by Gasteiger charge is 2.14. The monoisotopic (exact) mass is 314 g/mol. The van der Waals surface area contributed by atoms with Crippen molar-refractivity contribution in [3.8, 4) is 11.6 Å². The van der Waals surface area contributed by atoms with Crippen molar-refractivity contribution in [1.82, 2.24) is 9.38 Å². The number of nitrogens with zero attached hydrogens (tertiary/aromatic N) is 2. The maximum Gasteiger partial charge on any atom is 0.272 e. The maximum absolute atomic E-state index is 12.3. The van der Waals surface area contributed by atoms with Gasteiger partial charge >= 0.3 is 0 Å². The summed E-state index contributed by atoms with van der Waals surface area (Å²) in [6, 6.07) is 10.1. The lowest BCUT2D eigenvalue weighted by Crippen LogP contribution is -2.20. The predicted molar refractivity (Wildman–Crippen MR) is 83.1 cm³/mol. The summed E-state index contributed by atoms with van der Waals surface area (Å²) in [7, 11) is 0. The first kappa shape index (κ1) is 14.3. The molecule has 0 atom stereocenters. The van der Waals surface area contributed by atoms with E-state index in [1.807, 2.05) is 6.92 Å². The summed E-state index contributed by atoms with van der Waals surface area (Å²) >= 11 is 5.96. The zero-order chi connectivity index (χ0) is 15.7. The Hall–Kier alpha value is -2.66. The molecule has 1 aromatic carbocycles. The van der Waals surface area contributed by atoms with E-state index in [1.165, 1.54) is 4.40 Å². The van der Waals surface area contributed by atoms with Crippen LogP contribution < -0.4 is 10.3 Å². The molecule has 2 aromatic heterocycles. The van der Waals surface area contributed by atoms with Gasteiger partial charge in [0.25, 0.3) is 5.56 Å². The van der Waals surface area contributed by atoms with Gasteiger partial charge in [-0.2, -0.15) is 4.98 Å². The van der Waals surface area contributed by atoms with Gasteiger partial charge in [-0.05, 0) is 42.8 Å². The smallest absolute Gasteiger partial charge is 0.272 e. The highest BCUT2D eigenvalue weighted by atomic mass is 35.5. The number of pyridine rings is 1. The summed E-state index contributed by atoms with van der Waals surface area (Å²) in [6.45, 7) is 1.83. The second-order valence-electron chi connectivity index (χ2n) is 4.70. The van der Waals surface area contributed by atoms with Crippen LogP contribution in [0.4, 0.5) is 0 Å². The Morgan fingerprint density at radius 2 is 2.09 bits per heavy atom. The first-order valence-electron chi connectivity index (χ1n) is 6.51. The Kier molecular flexibility index (Phi) is 3.65. The number of rotatable bonds is 3. The number of aldehydes is 1. The van der Waals surface area contributed by atoms with E-state index in [-0.39, 0.29) is 11.4 Å². The van der Waals surface area contributed by atoms with E-state index in [4.69, 9.17) is 16.3 Å². The Balaban J connectivity index is 2.15. The van der Waals surface area contributed by atoms with Gasteiger partial charge in [0, 0.05) is 11.2 Å². The number of halogens is 1. The number of carbonyl (C=O) groups is 1. The van der Waals surface area contributed by atoms with E-state index in [1.54, 1.807) is 42.6 Å². The lowest BCUT2D eigenvalue weighted by Gasteiger charge is -2.09. The van der Waals surface area contributed by atoms with Crippen molar-refractivity contribution in [3.63, 3.8) is 0 Å². The number of aromatic nitrogens is 2. The van der Waals surface area contributed by atoms with E-state index in [2.05, 4.69) is 4.98 Å². The van der Waals surface area contributed by atoms with Crippen molar-refractivity contribution in [3.05, 3.63) is 69.1 Å². The summed E-state index contributed by atoms with van der Waals surface area (Å²) < 4.78 is 6.91. The standard InChI is InChI=1S/C16H11ClN2O3/c1-10-8-11(5-6-13(10)17)22-15-12(9-20)16(21)19-7-3-2-4-14(19)18-15/h2-9H,1H3. The van der Waals surface area contributed by atoms with Gasteiger partial charge in [-0.15, -0.1) is 0 Å². The molecule has 0 N–H and O–H groups in total. The molecule has 2 heterocycles. The second kappa shape index (κ2) is 5.61. The van der Waals surface area contributed by atoms with Gasteiger partial charge in [0.2, 0.25) is 5.88 Å². The van der Waals surface area contributed by atoms with E-state index >= 15 is 0 Å². The molecule has 0 aliphatic rings. The third-order valence-corrected chi connectivity index (χ3v) is 3.62. The third kappa shape index (κ3) is 2.46. The Morgan fingerprint density at radius 1 is 1.27 bits per heavy atom. The molecule has 0 unspecified atom stereocenters. The van der Waals surface area contributed by atoms with E-state index in [0.717, 1.165) is 5.56 Å². The molecule has 6 heteroatoms. The minimum absolute atomic E-state index is 0.0204. The van der Waals surface area contributed by atoms with Gasteiger partial charge in [0.1, 0.15) is 17.0 Å². The fraction of sp³-hybridized carbons (Fsp3) is 0.0625. The van der Waals surface area contributed by atoms with Gasteiger partial charge < -0.3 is 4.74 Å². The van der Waals surface area contributed by atoms with Crippen LogP contribution in [0, 0.1) is 6.92 Å². The fourth-order valence-corrected chi connectivity index (χ4v) is 2.17. The molecule has 0 spiro atoms. The van der Waals surface area contributed by atoms with Crippen LogP contribution in [-0.2, 0) is 0 Å². The first-order valence-corrected chi connectivity index (χ1v) is 6.88. The molecule has 0 saturated heterocycles. The molecule has 5 nitrogen and oxygen atoms in total. The molecule has 0 radical (unpaired) electrons. The molecule has 3 aromatic rings. The van der Waals surface area contributed by atoms with Crippen molar-refractivity contribution in [2.24, 2.45) is 0 Å². The number of hydrogen-bond acceptors (Lipinski definition) is 4. The van der Waals surface area contributed by atoms with Crippen LogP contribution in [0.15, 0.2) is 47.4 Å². The molecule has 22 heavy (non-hydrogen) atoms. The largest absolute Gasteiger partial charge is 0.438 e. The summed E-state index contributed by atoms with van der Waals surface area (Å²) in [6.07, 6.45) is 2.00. The molecule has 0 saturated carbocycles. The van der Waals surface area contributed by atoms with Crippen LogP contribution in [0.5, 0.6) is 11.6 Å². The first-order chi connectivity index (χ1) is 10.6. The van der Waals surface area contributed by atoms with E-state index in [9.17, 15) is 9.59 Å². The number of hydrogen-bond donors (Lipinski definition) is 0. The second-order valence-corrected chi connectivity index (χ2v) is 5.10. The van der Waals surface area contributed by atoms with Gasteiger partial charge in [-0.25, -0.2) is 0 Å². The lowest BCUT2D eigenvalue weighted by atomic mass is 10.2. The molecule has 0 fully saturated rings. The van der Waals surface area contributed by atoms with Crippen LogP contribution in [0.2, 0.25) is 5.02 Å². The van der Waals surface area contributed by atoms with Gasteiger partial charge in [-0.1, -0.05) is 17.7 Å². The quantitative estimate of drug-likeness (QED) is 0.696. The van der Waals surface area contributed by atoms with E-state index in [0.29, 0.717) is 22.7 Å². The molecule has 0 bridgehead atoms. The molecule has 0 aliphatic carbocycles. The fourth-order valence-electron chi connectivity index (χ4n) is 2.05. The van der Waals surface area contributed by atoms with Crippen LogP contribution in [0.25, 0.3) is 5.65 Å². The molecule has 0 aliphatic heterocycles. The minimum atomic E-state index is -0.471. The highest BCUT2D eigenvalue weighted by molar-refractivity contribution is 6.31. The zero-order valence-electron chi connectivity index (χ0n) is 11.6. The van der Waals surface area contributed by atoms with Crippen molar-refractivity contribution >= 4 is 23.5 Å². The topological polar surface area (TPSA) is 60.7 Å². The normalized spacial score (nSPS) is 10.6. The summed E-state index contributed by atoms with van der Waals surface area (Å²) in [5.41, 5.74) is 0.626. The van der Waals surface area contributed by atoms with E-state index < -0.39 is 5.56 Å². The highest BCUT2D eigenvalue weighted by Crippen LogP contribution is 2.25. The number of carbonyl (C=O) groups excluding carboxylic acids is 1. The summed E-state index contributed by atoms with van der Waals surface area (Å²) in [4.78, 5) is 27.8. The van der Waals surface area contributed by atoms with Crippen molar-refractivity contribution in [2.75, 3.05) is 0 Å². The Bertz CT molecular complexity index is 934. The molecule has 3 rings (SSSR count). The molecule has 0 amide bonds. The Morgan fingerprint density at radius 3 is 2.82 bits per heavy atom. The van der Waals surface area contributed by atoms with Gasteiger partial charge in [0.15, 0.2) is 6.29 Å². The Labute approximate surface area is 130 Å². The molecular formula is C16H11ClN2O3. The summed E-state index contributed by atoms with van der Waals surface area (Å²) in [5.74, 6) is 0.435. The van der Waals surface area contributed by atoms with Gasteiger partial charge in [0.05, 0.1) is 0 Å². The number of ether oxygens (including phenoxy) is 1. The van der Waals surface area contributed by atoms with Crippen LogP contribution in [0.1, 0.15) is 15.9 Å². The number of fused-ring (bicyclic) bond motifs is 1. The average Bonchev–Trinajstić information content (AvgIpc) is 2.51. The SMILES string of the molecule is Cc1cc(Oc2nc3ccccn3c(=O)c2C=O)ccc1Cl. The number of benzene rings is 1. The molecule has 110 valence electrons. The van der Waals surface area contributed by atoms with Crippen molar-refractivity contribution in [2.45, 2.75) is 6.92 Å². The molecular weight excluding hydrogens is 304 g/mol. The number of aryl methyl sites for hydroxylation is 1. The maximum atomic E-state index is 12.3. The van der Waals surface area contributed by atoms with Crippen molar-refractivity contribution in [1.29, 1.82) is 0 Å². The minimum Gasteiger partial charge on any atom is -0.438 e. The summed E-state index contributed by atoms with van der Waals surface area (Å²) in [5, 5.41) is 0.606. The lowest BCUT2D eigenvalue weighted by molar-refractivity contribution is 0.111.